The Balaban J connectivity index is 1.58. The van der Waals surface area contributed by atoms with Crippen molar-refractivity contribution in [3.63, 3.8) is 0 Å². The van der Waals surface area contributed by atoms with Crippen molar-refractivity contribution < 1.29 is 4.79 Å². The minimum atomic E-state index is -0.165. The van der Waals surface area contributed by atoms with Crippen molar-refractivity contribution in [2.24, 2.45) is 0 Å². The molecule has 0 aliphatic carbocycles. The number of hydrogen-bond donors (Lipinski definition) is 2. The summed E-state index contributed by atoms with van der Waals surface area (Å²) < 4.78 is 0. The maximum Gasteiger partial charge on any atom is 0.319 e. The summed E-state index contributed by atoms with van der Waals surface area (Å²) in [6.45, 7) is 4.78. The van der Waals surface area contributed by atoms with E-state index in [2.05, 4.69) is 27.7 Å². The molecule has 1 fully saturated rings. The zero-order valence-corrected chi connectivity index (χ0v) is 14.8. The molecule has 2 aromatic rings. The van der Waals surface area contributed by atoms with Gasteiger partial charge in [-0.3, -0.25) is 0 Å². The molecule has 0 bridgehead atoms. The molecule has 1 aromatic heterocycles. The first-order valence-electron chi connectivity index (χ1n) is 7.71. The van der Waals surface area contributed by atoms with Gasteiger partial charge in [-0.2, -0.15) is 23.1 Å². The van der Waals surface area contributed by atoms with Gasteiger partial charge in [0.25, 0.3) is 0 Å². The number of hydrogen-bond acceptors (Lipinski definition) is 4. The van der Waals surface area contributed by atoms with Gasteiger partial charge < -0.3 is 15.5 Å². The van der Waals surface area contributed by atoms with E-state index in [0.29, 0.717) is 6.54 Å². The molecule has 0 saturated carbocycles. The quantitative estimate of drug-likeness (QED) is 0.881. The summed E-state index contributed by atoms with van der Waals surface area (Å²) >= 11 is 3.64. The number of aryl methyl sites for hydroxylation is 1. The van der Waals surface area contributed by atoms with Crippen LogP contribution in [0.15, 0.2) is 35.0 Å². The van der Waals surface area contributed by atoms with Gasteiger partial charge in [-0.05, 0) is 53.1 Å². The van der Waals surface area contributed by atoms with Crippen LogP contribution in [0.5, 0.6) is 0 Å². The van der Waals surface area contributed by atoms with Crippen molar-refractivity contribution in [3.8, 4) is 0 Å². The fourth-order valence-electron chi connectivity index (χ4n) is 2.55. The molecule has 1 aliphatic rings. The molecule has 1 aromatic carbocycles. The number of rotatable bonds is 4. The minimum absolute atomic E-state index is 0.165. The number of benzene rings is 1. The Labute approximate surface area is 145 Å². The number of nitrogens with one attached hydrogen (secondary N) is 2. The highest BCUT2D eigenvalue weighted by molar-refractivity contribution is 7.99. The zero-order valence-electron chi connectivity index (χ0n) is 13.2. The fourth-order valence-corrected chi connectivity index (χ4v) is 4.12. The van der Waals surface area contributed by atoms with Crippen LogP contribution >= 0.6 is 23.1 Å². The number of carbonyl (C=O) groups excluding carboxylic acids is 1. The number of urea groups is 1. The molecule has 0 radical (unpaired) electrons. The Bertz CT molecular complexity index is 652. The summed E-state index contributed by atoms with van der Waals surface area (Å²) in [6, 6.07) is 8.10. The second-order valence-corrected chi connectivity index (χ2v) is 7.54. The monoisotopic (exact) mass is 347 g/mol. The Hall–Kier alpha value is -1.66. The molecule has 2 heterocycles. The van der Waals surface area contributed by atoms with E-state index in [1.54, 1.807) is 11.3 Å². The summed E-state index contributed by atoms with van der Waals surface area (Å²) in [4.78, 5) is 14.4. The van der Waals surface area contributed by atoms with E-state index in [-0.39, 0.29) is 6.03 Å². The minimum Gasteiger partial charge on any atom is -0.370 e. The van der Waals surface area contributed by atoms with Crippen molar-refractivity contribution >= 4 is 40.5 Å². The number of thiophene rings is 1. The predicted octanol–water partition coefficient (Wildman–Crippen LogP) is 3.93. The Morgan fingerprint density at radius 2 is 2.09 bits per heavy atom. The predicted molar refractivity (Wildman–Crippen MR) is 101 cm³/mol. The SMILES string of the molecule is Cc1cc(N2CCSCC2)ccc1NC(=O)NCc1ccsc1. The van der Waals surface area contributed by atoms with Crippen LogP contribution in [0.25, 0.3) is 0 Å². The summed E-state index contributed by atoms with van der Waals surface area (Å²) in [5, 5.41) is 9.87. The van der Waals surface area contributed by atoms with E-state index < -0.39 is 0 Å². The second kappa shape index (κ2) is 7.75. The number of amides is 2. The van der Waals surface area contributed by atoms with Crippen LogP contribution in [0, 0.1) is 6.92 Å². The van der Waals surface area contributed by atoms with Crippen LogP contribution in [0.2, 0.25) is 0 Å². The van der Waals surface area contributed by atoms with Gasteiger partial charge in [0.15, 0.2) is 0 Å². The van der Waals surface area contributed by atoms with Gasteiger partial charge in [0.2, 0.25) is 0 Å². The van der Waals surface area contributed by atoms with Gasteiger partial charge >= 0.3 is 6.03 Å². The third kappa shape index (κ3) is 4.42. The highest BCUT2D eigenvalue weighted by atomic mass is 32.2. The lowest BCUT2D eigenvalue weighted by Gasteiger charge is -2.29. The number of thioether (sulfide) groups is 1. The third-order valence-electron chi connectivity index (χ3n) is 3.87. The summed E-state index contributed by atoms with van der Waals surface area (Å²) in [5.74, 6) is 2.37. The molecule has 6 heteroatoms. The molecule has 1 aliphatic heterocycles. The molecule has 2 amide bonds. The lowest BCUT2D eigenvalue weighted by Crippen LogP contribution is -2.32. The number of carbonyl (C=O) groups is 1. The van der Waals surface area contributed by atoms with E-state index in [9.17, 15) is 4.79 Å². The van der Waals surface area contributed by atoms with E-state index in [0.717, 1.165) is 29.9 Å². The molecule has 122 valence electrons. The average Bonchev–Trinajstić information content (AvgIpc) is 3.09. The molecular formula is C17H21N3OS2. The Kier molecular flexibility index (Phi) is 5.46. The molecule has 0 spiro atoms. The lowest BCUT2D eigenvalue weighted by atomic mass is 10.1. The van der Waals surface area contributed by atoms with Crippen LogP contribution < -0.4 is 15.5 Å². The summed E-state index contributed by atoms with van der Waals surface area (Å²) in [5.41, 5.74) is 4.32. The molecule has 2 N–H and O–H groups in total. The summed E-state index contributed by atoms with van der Waals surface area (Å²) in [7, 11) is 0. The second-order valence-electron chi connectivity index (χ2n) is 5.54. The van der Waals surface area contributed by atoms with Crippen LogP contribution in [0.4, 0.5) is 16.2 Å². The van der Waals surface area contributed by atoms with Crippen molar-refractivity contribution in [2.75, 3.05) is 34.8 Å². The van der Waals surface area contributed by atoms with E-state index in [1.807, 2.05) is 41.6 Å². The highest BCUT2D eigenvalue weighted by Gasteiger charge is 2.12. The topological polar surface area (TPSA) is 44.4 Å². The largest absolute Gasteiger partial charge is 0.370 e. The van der Waals surface area contributed by atoms with E-state index in [4.69, 9.17) is 0 Å². The van der Waals surface area contributed by atoms with Gasteiger partial charge in [0.05, 0.1) is 0 Å². The van der Waals surface area contributed by atoms with Crippen LogP contribution in [0.3, 0.4) is 0 Å². The fraction of sp³-hybridized carbons (Fsp3) is 0.353. The Morgan fingerprint density at radius 1 is 1.26 bits per heavy atom. The number of anilines is 2. The van der Waals surface area contributed by atoms with Gasteiger partial charge in [-0.1, -0.05) is 0 Å². The maximum atomic E-state index is 12.0. The molecule has 1 saturated heterocycles. The van der Waals surface area contributed by atoms with Gasteiger partial charge in [-0.25, -0.2) is 4.79 Å². The molecule has 3 rings (SSSR count). The first-order chi connectivity index (χ1) is 11.2. The summed E-state index contributed by atoms with van der Waals surface area (Å²) in [6.07, 6.45) is 0. The number of nitrogens with zero attached hydrogens (tertiary/aromatic N) is 1. The standard InChI is InChI=1S/C17H21N3OS2/c1-13-10-15(20-5-8-22-9-6-20)2-3-16(13)19-17(21)18-11-14-4-7-23-12-14/h2-4,7,10,12H,5-6,8-9,11H2,1H3,(H2,18,19,21). The van der Waals surface area contributed by atoms with Crippen molar-refractivity contribution in [1.29, 1.82) is 0 Å². The Morgan fingerprint density at radius 3 is 2.78 bits per heavy atom. The average molecular weight is 348 g/mol. The molecule has 4 nitrogen and oxygen atoms in total. The maximum absolute atomic E-state index is 12.0. The molecule has 23 heavy (non-hydrogen) atoms. The normalized spacial score (nSPS) is 14.6. The van der Waals surface area contributed by atoms with E-state index >= 15 is 0 Å². The molecule has 0 unspecified atom stereocenters. The lowest BCUT2D eigenvalue weighted by molar-refractivity contribution is 0.251. The van der Waals surface area contributed by atoms with Gasteiger partial charge in [-0.15, -0.1) is 0 Å². The van der Waals surface area contributed by atoms with E-state index in [1.165, 1.54) is 17.2 Å². The van der Waals surface area contributed by atoms with Crippen molar-refractivity contribution in [1.82, 2.24) is 5.32 Å². The first kappa shape index (κ1) is 16.2. The molecular weight excluding hydrogens is 326 g/mol. The highest BCUT2D eigenvalue weighted by Crippen LogP contribution is 2.25. The molecule has 0 atom stereocenters. The van der Waals surface area contributed by atoms with Crippen molar-refractivity contribution in [2.45, 2.75) is 13.5 Å². The van der Waals surface area contributed by atoms with Gasteiger partial charge in [0, 0.05) is 42.5 Å². The first-order valence-corrected chi connectivity index (χ1v) is 9.81. The van der Waals surface area contributed by atoms with Crippen LogP contribution in [0.1, 0.15) is 11.1 Å². The zero-order chi connectivity index (χ0) is 16.1. The van der Waals surface area contributed by atoms with Crippen LogP contribution in [-0.2, 0) is 6.54 Å². The van der Waals surface area contributed by atoms with Crippen molar-refractivity contribution in [3.05, 3.63) is 46.2 Å². The third-order valence-corrected chi connectivity index (χ3v) is 5.54. The van der Waals surface area contributed by atoms with Gasteiger partial charge in [0.1, 0.15) is 0 Å². The van der Waals surface area contributed by atoms with Crippen LogP contribution in [-0.4, -0.2) is 30.6 Å². The smallest absolute Gasteiger partial charge is 0.319 e.